The van der Waals surface area contributed by atoms with Gasteiger partial charge in [-0.1, -0.05) is 60.7 Å². The molecule has 196 valence electrons. The second-order valence-electron chi connectivity index (χ2n) is 9.48. The first-order chi connectivity index (χ1) is 17.8. The van der Waals surface area contributed by atoms with E-state index in [-0.39, 0.29) is 0 Å². The number of carbonyl (C=O) groups is 2. The number of carboxylic acid groups (broad SMARTS) is 2. The monoisotopic (exact) mass is 524 g/mol. The number of rotatable bonds is 4. The molecule has 1 aliphatic carbocycles. The molecule has 2 fully saturated rings. The van der Waals surface area contributed by atoms with Crippen LogP contribution in [0.2, 0.25) is 0 Å². The van der Waals surface area contributed by atoms with E-state index in [9.17, 15) is 8.42 Å². The Morgan fingerprint density at radius 1 is 0.703 bits per heavy atom. The van der Waals surface area contributed by atoms with Gasteiger partial charge in [-0.25, -0.2) is 18.0 Å². The van der Waals surface area contributed by atoms with Gasteiger partial charge in [0.15, 0.2) is 0 Å². The number of hydrogen-bond acceptors (Lipinski definition) is 5. The van der Waals surface area contributed by atoms with Crippen molar-refractivity contribution in [2.75, 3.05) is 26.2 Å². The molecule has 0 spiro atoms. The lowest BCUT2D eigenvalue weighted by molar-refractivity contribution is -0.159. The summed E-state index contributed by atoms with van der Waals surface area (Å²) in [5.41, 5.74) is 1.47. The van der Waals surface area contributed by atoms with Crippen LogP contribution < -0.4 is 0 Å². The van der Waals surface area contributed by atoms with Gasteiger partial charge >= 0.3 is 11.9 Å². The van der Waals surface area contributed by atoms with E-state index < -0.39 is 22.0 Å². The summed E-state index contributed by atoms with van der Waals surface area (Å²) in [5.74, 6) is -2.97. The molecule has 0 unspecified atom stereocenters. The Hall–Kier alpha value is -3.27. The molecule has 1 aliphatic heterocycles. The van der Waals surface area contributed by atoms with Crippen molar-refractivity contribution in [2.45, 2.75) is 42.5 Å². The second kappa shape index (κ2) is 11.9. The van der Waals surface area contributed by atoms with Gasteiger partial charge in [0.05, 0.1) is 4.90 Å². The number of carboxylic acids is 2. The van der Waals surface area contributed by atoms with E-state index in [4.69, 9.17) is 19.8 Å². The molecule has 2 N–H and O–H groups in total. The van der Waals surface area contributed by atoms with Gasteiger partial charge in [-0.05, 0) is 60.1 Å². The lowest BCUT2D eigenvalue weighted by atomic mass is 9.81. The summed E-state index contributed by atoms with van der Waals surface area (Å²) in [7, 11) is -3.45. The maximum Gasteiger partial charge on any atom is 0.414 e. The zero-order valence-electron chi connectivity index (χ0n) is 20.6. The zero-order chi connectivity index (χ0) is 26.4. The number of sulfonamides is 1. The van der Waals surface area contributed by atoms with Gasteiger partial charge in [-0.2, -0.15) is 4.31 Å². The Morgan fingerprint density at radius 3 is 1.86 bits per heavy atom. The van der Waals surface area contributed by atoms with Gasteiger partial charge < -0.3 is 10.2 Å². The standard InChI is InChI=1S/C26H30N2O2S.C2H2O4/c29-31(30,26-15-12-22-8-4-5-9-24(22)20-26)28-18-16-27(17-19-28)25-13-10-23(11-14-25)21-6-2-1-3-7-21;3-1(4)2(5)6/h1-9,12,15,20,23,25H,10-11,13-14,16-19H2;(H,3,4)(H,5,6). The molecule has 0 atom stereocenters. The van der Waals surface area contributed by atoms with Crippen molar-refractivity contribution in [3.63, 3.8) is 0 Å². The number of fused-ring (bicyclic) bond motifs is 1. The summed E-state index contributed by atoms with van der Waals surface area (Å²) in [4.78, 5) is 21.1. The molecule has 1 heterocycles. The highest BCUT2D eigenvalue weighted by molar-refractivity contribution is 7.89. The molecular formula is C28H32N2O6S. The molecule has 8 nitrogen and oxygen atoms in total. The third kappa shape index (κ3) is 6.54. The minimum Gasteiger partial charge on any atom is -0.473 e. The summed E-state index contributed by atoms with van der Waals surface area (Å²) < 4.78 is 28.1. The van der Waals surface area contributed by atoms with Crippen molar-refractivity contribution in [1.82, 2.24) is 9.21 Å². The largest absolute Gasteiger partial charge is 0.473 e. The van der Waals surface area contributed by atoms with Gasteiger partial charge in [-0.3, -0.25) is 4.90 Å². The maximum atomic E-state index is 13.2. The van der Waals surface area contributed by atoms with Gasteiger partial charge in [0, 0.05) is 32.2 Å². The van der Waals surface area contributed by atoms with Crippen molar-refractivity contribution in [1.29, 1.82) is 0 Å². The summed E-state index contributed by atoms with van der Waals surface area (Å²) in [6.07, 6.45) is 4.86. The normalized spacial score (nSPS) is 21.1. The zero-order valence-corrected chi connectivity index (χ0v) is 21.4. The molecule has 3 aromatic rings. The van der Waals surface area contributed by atoms with Crippen molar-refractivity contribution in [3.8, 4) is 0 Å². The van der Waals surface area contributed by atoms with Crippen LogP contribution >= 0.6 is 0 Å². The number of aliphatic carboxylic acids is 2. The average molecular weight is 525 g/mol. The molecule has 0 radical (unpaired) electrons. The highest BCUT2D eigenvalue weighted by Gasteiger charge is 2.33. The number of piperazine rings is 1. The lowest BCUT2D eigenvalue weighted by Crippen LogP contribution is -2.52. The van der Waals surface area contributed by atoms with Crippen LogP contribution in [0.5, 0.6) is 0 Å². The molecule has 0 aromatic heterocycles. The quantitative estimate of drug-likeness (QED) is 0.495. The first-order valence-electron chi connectivity index (χ1n) is 12.5. The predicted octanol–water partition coefficient (Wildman–Crippen LogP) is 4.03. The Bertz CT molecular complexity index is 1320. The van der Waals surface area contributed by atoms with Crippen LogP contribution in [-0.4, -0.2) is 72.0 Å². The molecule has 1 saturated heterocycles. The van der Waals surface area contributed by atoms with E-state index in [0.29, 0.717) is 29.9 Å². The SMILES string of the molecule is O=C(O)C(=O)O.O=S(=O)(c1ccc2ccccc2c1)N1CCN(C2CCC(c3ccccc3)CC2)CC1. The summed E-state index contributed by atoms with van der Waals surface area (Å²) in [5, 5.41) is 16.8. The van der Waals surface area contributed by atoms with Crippen LogP contribution in [0.25, 0.3) is 10.8 Å². The predicted molar refractivity (Wildman–Crippen MR) is 141 cm³/mol. The first kappa shape index (κ1) is 26.8. The van der Waals surface area contributed by atoms with Gasteiger partial charge in [-0.15, -0.1) is 0 Å². The number of hydrogen-bond donors (Lipinski definition) is 2. The molecule has 1 saturated carbocycles. The summed E-state index contributed by atoms with van der Waals surface area (Å²) in [6, 6.07) is 24.8. The Kier molecular flexibility index (Phi) is 8.58. The molecule has 3 aromatic carbocycles. The highest BCUT2D eigenvalue weighted by atomic mass is 32.2. The van der Waals surface area contributed by atoms with Crippen molar-refractivity contribution in [2.24, 2.45) is 0 Å². The van der Waals surface area contributed by atoms with E-state index in [1.54, 1.807) is 10.4 Å². The fourth-order valence-electron chi connectivity index (χ4n) is 5.29. The van der Waals surface area contributed by atoms with Gasteiger partial charge in [0.1, 0.15) is 0 Å². The summed E-state index contributed by atoms with van der Waals surface area (Å²) >= 11 is 0. The first-order valence-corrected chi connectivity index (χ1v) is 13.9. The van der Waals surface area contributed by atoms with E-state index in [2.05, 4.69) is 35.2 Å². The Morgan fingerprint density at radius 2 is 1.27 bits per heavy atom. The highest BCUT2D eigenvalue weighted by Crippen LogP contribution is 2.35. The van der Waals surface area contributed by atoms with E-state index >= 15 is 0 Å². The minimum absolute atomic E-state index is 0.406. The van der Waals surface area contributed by atoms with Crippen LogP contribution in [-0.2, 0) is 19.6 Å². The van der Waals surface area contributed by atoms with E-state index in [0.717, 1.165) is 23.9 Å². The maximum absolute atomic E-state index is 13.2. The van der Waals surface area contributed by atoms with Gasteiger partial charge in [0.25, 0.3) is 0 Å². The Labute approximate surface area is 217 Å². The van der Waals surface area contributed by atoms with Crippen LogP contribution in [0.15, 0.2) is 77.7 Å². The molecule has 9 heteroatoms. The molecular weight excluding hydrogens is 492 g/mol. The second-order valence-corrected chi connectivity index (χ2v) is 11.4. The topological polar surface area (TPSA) is 115 Å². The molecule has 0 amide bonds. The summed E-state index contributed by atoms with van der Waals surface area (Å²) in [6.45, 7) is 2.81. The van der Waals surface area contributed by atoms with Crippen LogP contribution in [0, 0.1) is 0 Å². The fourth-order valence-corrected chi connectivity index (χ4v) is 6.74. The van der Waals surface area contributed by atoms with Crippen molar-refractivity contribution in [3.05, 3.63) is 78.4 Å². The number of nitrogens with zero attached hydrogens (tertiary/aromatic N) is 2. The average Bonchev–Trinajstić information content (AvgIpc) is 2.93. The van der Waals surface area contributed by atoms with Crippen molar-refractivity contribution >= 4 is 32.7 Å². The van der Waals surface area contributed by atoms with Crippen molar-refractivity contribution < 1.29 is 28.2 Å². The lowest BCUT2D eigenvalue weighted by Gasteiger charge is -2.41. The molecule has 0 bridgehead atoms. The van der Waals surface area contributed by atoms with Crippen LogP contribution in [0.1, 0.15) is 37.2 Å². The van der Waals surface area contributed by atoms with Crippen LogP contribution in [0.4, 0.5) is 0 Å². The molecule has 5 rings (SSSR count). The minimum atomic E-state index is -3.45. The smallest absolute Gasteiger partial charge is 0.414 e. The fraction of sp³-hybridized carbons (Fsp3) is 0.357. The molecule has 2 aliphatic rings. The molecule has 37 heavy (non-hydrogen) atoms. The van der Waals surface area contributed by atoms with E-state index in [1.165, 1.54) is 31.2 Å². The van der Waals surface area contributed by atoms with E-state index in [1.807, 2.05) is 36.4 Å². The number of benzene rings is 3. The Balaban J connectivity index is 0.000000480. The third-order valence-corrected chi connectivity index (χ3v) is 9.19. The van der Waals surface area contributed by atoms with Gasteiger partial charge in [0.2, 0.25) is 10.0 Å². The third-order valence-electron chi connectivity index (χ3n) is 7.30. The van der Waals surface area contributed by atoms with Crippen LogP contribution in [0.3, 0.4) is 0 Å².